The Morgan fingerprint density at radius 3 is 2.68 bits per heavy atom. The fourth-order valence-electron chi connectivity index (χ4n) is 1.44. The van der Waals surface area contributed by atoms with Gasteiger partial charge >= 0.3 is 0 Å². The van der Waals surface area contributed by atoms with Crippen molar-refractivity contribution >= 4 is 15.7 Å². The molecule has 0 amide bonds. The van der Waals surface area contributed by atoms with Crippen LogP contribution in [0.4, 0.5) is 10.1 Å². The van der Waals surface area contributed by atoms with E-state index in [4.69, 9.17) is 10.5 Å². The zero-order chi connectivity index (χ0) is 14.5. The standard InChI is InChI=1S/C12H19FN2O3S/c1-9(2)18-5-6-19(16,17)15-12-4-3-11(13)7-10(12)8-14/h3-4,7,9,15H,5-6,8,14H2,1-2H3. The number of anilines is 1. The molecule has 0 fully saturated rings. The van der Waals surface area contributed by atoms with Crippen molar-refractivity contribution in [2.75, 3.05) is 17.1 Å². The Bertz CT molecular complexity index is 518. The minimum absolute atomic E-state index is 0.0272. The number of nitrogens with two attached hydrogens (primary N) is 1. The van der Waals surface area contributed by atoms with Crippen LogP contribution in [0.3, 0.4) is 0 Å². The monoisotopic (exact) mass is 290 g/mol. The molecule has 0 aliphatic carbocycles. The Kier molecular flexibility index (Phi) is 5.71. The second-order valence-electron chi connectivity index (χ2n) is 4.35. The van der Waals surface area contributed by atoms with Crippen LogP contribution >= 0.6 is 0 Å². The molecule has 0 spiro atoms. The van der Waals surface area contributed by atoms with E-state index < -0.39 is 15.8 Å². The number of hydrogen-bond donors (Lipinski definition) is 2. The van der Waals surface area contributed by atoms with E-state index >= 15 is 0 Å². The second-order valence-corrected chi connectivity index (χ2v) is 6.19. The lowest BCUT2D eigenvalue weighted by atomic mass is 10.2. The zero-order valence-corrected chi connectivity index (χ0v) is 11.8. The number of nitrogens with one attached hydrogen (secondary N) is 1. The first-order valence-electron chi connectivity index (χ1n) is 5.94. The molecule has 1 aromatic carbocycles. The maximum Gasteiger partial charge on any atom is 0.235 e. The maximum atomic E-state index is 13.0. The summed E-state index contributed by atoms with van der Waals surface area (Å²) in [6.07, 6.45) is -0.0272. The normalized spacial score (nSPS) is 11.8. The summed E-state index contributed by atoms with van der Waals surface area (Å²) in [7, 11) is -3.53. The predicted molar refractivity (Wildman–Crippen MR) is 72.8 cm³/mol. The van der Waals surface area contributed by atoms with Gasteiger partial charge in [-0.25, -0.2) is 12.8 Å². The number of halogens is 1. The first-order valence-corrected chi connectivity index (χ1v) is 7.60. The van der Waals surface area contributed by atoms with E-state index in [9.17, 15) is 12.8 Å². The molecule has 0 saturated heterocycles. The number of hydrogen-bond acceptors (Lipinski definition) is 4. The summed E-state index contributed by atoms with van der Waals surface area (Å²) in [5, 5.41) is 0. The molecule has 5 nitrogen and oxygen atoms in total. The van der Waals surface area contributed by atoms with Crippen molar-refractivity contribution in [3.63, 3.8) is 0 Å². The van der Waals surface area contributed by atoms with Gasteiger partial charge in [0.15, 0.2) is 0 Å². The SMILES string of the molecule is CC(C)OCCS(=O)(=O)Nc1ccc(F)cc1CN. The number of sulfonamides is 1. The smallest absolute Gasteiger partial charge is 0.235 e. The van der Waals surface area contributed by atoms with Gasteiger partial charge in [-0.15, -0.1) is 0 Å². The van der Waals surface area contributed by atoms with E-state index in [0.29, 0.717) is 11.3 Å². The van der Waals surface area contributed by atoms with Crippen molar-refractivity contribution in [2.45, 2.75) is 26.5 Å². The van der Waals surface area contributed by atoms with Crippen LogP contribution in [-0.2, 0) is 21.3 Å². The lowest BCUT2D eigenvalue weighted by molar-refractivity contribution is 0.0913. The van der Waals surface area contributed by atoms with E-state index in [2.05, 4.69) is 4.72 Å². The molecule has 0 aliphatic heterocycles. The quantitative estimate of drug-likeness (QED) is 0.796. The van der Waals surface area contributed by atoms with Crippen molar-refractivity contribution in [2.24, 2.45) is 5.73 Å². The van der Waals surface area contributed by atoms with Crippen LogP contribution in [0.25, 0.3) is 0 Å². The molecular weight excluding hydrogens is 271 g/mol. The van der Waals surface area contributed by atoms with Crippen molar-refractivity contribution < 1.29 is 17.5 Å². The molecule has 3 N–H and O–H groups in total. The molecule has 0 bridgehead atoms. The second kappa shape index (κ2) is 6.83. The highest BCUT2D eigenvalue weighted by Crippen LogP contribution is 2.18. The fourth-order valence-corrected chi connectivity index (χ4v) is 2.39. The van der Waals surface area contributed by atoms with Gasteiger partial charge in [-0.3, -0.25) is 4.72 Å². The molecule has 0 aromatic heterocycles. The zero-order valence-electron chi connectivity index (χ0n) is 11.0. The first kappa shape index (κ1) is 15.9. The summed E-state index contributed by atoms with van der Waals surface area (Å²) in [4.78, 5) is 0. The number of rotatable bonds is 7. The van der Waals surface area contributed by atoms with E-state index in [1.807, 2.05) is 13.8 Å². The Morgan fingerprint density at radius 1 is 1.42 bits per heavy atom. The average Bonchev–Trinajstić information content (AvgIpc) is 2.30. The Labute approximate surface area is 113 Å². The molecule has 0 saturated carbocycles. The van der Waals surface area contributed by atoms with Crippen LogP contribution in [0.5, 0.6) is 0 Å². The van der Waals surface area contributed by atoms with Crippen LogP contribution in [0.1, 0.15) is 19.4 Å². The molecule has 0 aliphatic rings. The fraction of sp³-hybridized carbons (Fsp3) is 0.500. The highest BCUT2D eigenvalue weighted by Gasteiger charge is 2.13. The maximum absolute atomic E-state index is 13.0. The molecule has 7 heteroatoms. The summed E-state index contributed by atoms with van der Waals surface area (Å²) >= 11 is 0. The summed E-state index contributed by atoms with van der Waals surface area (Å²) in [5.41, 5.74) is 6.16. The van der Waals surface area contributed by atoms with Crippen LogP contribution in [0.15, 0.2) is 18.2 Å². The van der Waals surface area contributed by atoms with Crippen molar-refractivity contribution in [3.8, 4) is 0 Å². The van der Waals surface area contributed by atoms with Crippen LogP contribution in [-0.4, -0.2) is 26.9 Å². The topological polar surface area (TPSA) is 81.4 Å². The van der Waals surface area contributed by atoms with Crippen LogP contribution in [0.2, 0.25) is 0 Å². The summed E-state index contributed by atoms with van der Waals surface area (Å²) in [6, 6.07) is 3.75. The molecule has 0 unspecified atom stereocenters. The van der Waals surface area contributed by atoms with E-state index in [0.717, 1.165) is 0 Å². The number of benzene rings is 1. The van der Waals surface area contributed by atoms with Gasteiger partial charge in [0.05, 0.1) is 24.2 Å². The molecule has 0 radical (unpaired) electrons. The third-order valence-corrected chi connectivity index (χ3v) is 3.59. The van der Waals surface area contributed by atoms with Gasteiger partial charge in [0.1, 0.15) is 5.82 Å². The Balaban J connectivity index is 2.72. The first-order chi connectivity index (χ1) is 8.84. The van der Waals surface area contributed by atoms with Crippen molar-refractivity contribution in [1.82, 2.24) is 0 Å². The summed E-state index contributed by atoms with van der Waals surface area (Å²) in [6.45, 7) is 3.81. The van der Waals surface area contributed by atoms with Gasteiger partial charge in [-0.1, -0.05) is 0 Å². The summed E-state index contributed by atoms with van der Waals surface area (Å²) < 4.78 is 44.2. The van der Waals surface area contributed by atoms with E-state index in [1.165, 1.54) is 18.2 Å². The van der Waals surface area contributed by atoms with Crippen LogP contribution < -0.4 is 10.5 Å². The number of ether oxygens (including phenoxy) is 1. The van der Waals surface area contributed by atoms with Gasteiger partial charge in [-0.05, 0) is 37.6 Å². The average molecular weight is 290 g/mol. The van der Waals surface area contributed by atoms with Crippen molar-refractivity contribution in [1.29, 1.82) is 0 Å². The van der Waals surface area contributed by atoms with Crippen LogP contribution in [0, 0.1) is 5.82 Å². The van der Waals surface area contributed by atoms with Gasteiger partial charge in [0, 0.05) is 6.54 Å². The third kappa shape index (κ3) is 5.54. The Hall–Kier alpha value is -1.18. The molecule has 1 rings (SSSR count). The minimum Gasteiger partial charge on any atom is -0.378 e. The molecule has 1 aromatic rings. The van der Waals surface area contributed by atoms with Gasteiger partial charge in [-0.2, -0.15) is 0 Å². The summed E-state index contributed by atoms with van der Waals surface area (Å²) in [5.74, 6) is -0.612. The largest absolute Gasteiger partial charge is 0.378 e. The predicted octanol–water partition coefficient (Wildman–Crippen LogP) is 1.45. The third-order valence-electron chi connectivity index (χ3n) is 2.36. The highest BCUT2D eigenvalue weighted by atomic mass is 32.2. The van der Waals surface area contributed by atoms with Crippen molar-refractivity contribution in [3.05, 3.63) is 29.6 Å². The molecule has 108 valence electrons. The van der Waals surface area contributed by atoms with Gasteiger partial charge < -0.3 is 10.5 Å². The minimum atomic E-state index is -3.53. The molecule has 19 heavy (non-hydrogen) atoms. The van der Waals surface area contributed by atoms with Gasteiger partial charge in [0.25, 0.3) is 0 Å². The molecule has 0 heterocycles. The molecule has 0 atom stereocenters. The lowest BCUT2D eigenvalue weighted by Crippen LogP contribution is -2.22. The highest BCUT2D eigenvalue weighted by molar-refractivity contribution is 7.92. The molecular formula is C12H19FN2O3S. The Morgan fingerprint density at radius 2 is 2.11 bits per heavy atom. The lowest BCUT2D eigenvalue weighted by Gasteiger charge is -2.12. The van der Waals surface area contributed by atoms with E-state index in [-0.39, 0.29) is 25.0 Å². The van der Waals surface area contributed by atoms with Gasteiger partial charge in [0.2, 0.25) is 10.0 Å². The van der Waals surface area contributed by atoms with E-state index in [1.54, 1.807) is 0 Å².